The molecule has 0 spiro atoms. The summed E-state index contributed by atoms with van der Waals surface area (Å²) in [6.07, 6.45) is 0. The first kappa shape index (κ1) is 22.4. The molecule has 0 amide bonds. The predicted octanol–water partition coefficient (Wildman–Crippen LogP) is 3.67. The van der Waals surface area contributed by atoms with Gasteiger partial charge in [-0.3, -0.25) is 4.90 Å². The first-order valence-corrected chi connectivity index (χ1v) is 10.6. The Morgan fingerprint density at radius 3 is 2.40 bits per heavy atom. The Hall–Kier alpha value is -2.33. The van der Waals surface area contributed by atoms with E-state index in [4.69, 9.17) is 11.6 Å². The summed E-state index contributed by atoms with van der Waals surface area (Å²) in [5.41, 5.74) is 3.47. The fraction of sp³-hybridized carbons (Fsp3) is 0.435. The lowest BCUT2D eigenvalue weighted by atomic mass is 10.1. The SMILES string of the molecule is CN(C)CCN(C)c1ccc(C#N)c(CN2CCN(c3ccc(Cl)cc3F)CC2)c1. The van der Waals surface area contributed by atoms with Gasteiger partial charge in [-0.15, -0.1) is 0 Å². The lowest BCUT2D eigenvalue weighted by Crippen LogP contribution is -2.46. The molecule has 0 N–H and O–H groups in total. The highest BCUT2D eigenvalue weighted by Gasteiger charge is 2.21. The third-order valence-electron chi connectivity index (χ3n) is 5.55. The third kappa shape index (κ3) is 5.63. The van der Waals surface area contributed by atoms with Gasteiger partial charge in [0, 0.05) is 63.6 Å². The van der Waals surface area contributed by atoms with E-state index in [2.05, 4.69) is 52.9 Å². The van der Waals surface area contributed by atoms with Crippen LogP contribution in [0.2, 0.25) is 5.02 Å². The van der Waals surface area contributed by atoms with E-state index in [0.29, 0.717) is 16.3 Å². The number of nitriles is 1. The lowest BCUT2D eigenvalue weighted by molar-refractivity contribution is 0.249. The molecule has 0 unspecified atom stereocenters. The van der Waals surface area contributed by atoms with Crippen molar-refractivity contribution in [1.29, 1.82) is 5.26 Å². The average Bonchev–Trinajstić information content (AvgIpc) is 2.72. The molecule has 1 fully saturated rings. The fourth-order valence-electron chi connectivity index (χ4n) is 3.66. The van der Waals surface area contributed by atoms with Crippen molar-refractivity contribution in [2.75, 3.05) is 70.2 Å². The van der Waals surface area contributed by atoms with Crippen molar-refractivity contribution < 1.29 is 4.39 Å². The van der Waals surface area contributed by atoms with Crippen LogP contribution in [0.3, 0.4) is 0 Å². The third-order valence-corrected chi connectivity index (χ3v) is 5.78. The number of halogens is 2. The number of piperazine rings is 1. The number of anilines is 2. The van der Waals surface area contributed by atoms with Gasteiger partial charge in [0.2, 0.25) is 0 Å². The smallest absolute Gasteiger partial charge is 0.147 e. The Morgan fingerprint density at radius 2 is 1.77 bits per heavy atom. The maximum absolute atomic E-state index is 14.2. The molecule has 1 saturated heterocycles. The van der Waals surface area contributed by atoms with E-state index in [1.165, 1.54) is 6.07 Å². The van der Waals surface area contributed by atoms with Crippen LogP contribution in [0.4, 0.5) is 15.8 Å². The molecule has 0 aliphatic carbocycles. The van der Waals surface area contributed by atoms with E-state index in [-0.39, 0.29) is 5.82 Å². The topological polar surface area (TPSA) is 36.8 Å². The number of rotatable bonds is 7. The van der Waals surface area contributed by atoms with Crippen LogP contribution in [0.25, 0.3) is 0 Å². The van der Waals surface area contributed by atoms with Crippen LogP contribution in [-0.2, 0) is 6.54 Å². The molecular weight excluding hydrogens is 401 g/mol. The molecule has 0 radical (unpaired) electrons. The Kier molecular flexibility index (Phi) is 7.54. The first-order chi connectivity index (χ1) is 14.4. The summed E-state index contributed by atoms with van der Waals surface area (Å²) in [5.74, 6) is -0.281. The number of hydrogen-bond acceptors (Lipinski definition) is 5. The molecule has 2 aromatic carbocycles. The highest BCUT2D eigenvalue weighted by Crippen LogP contribution is 2.25. The van der Waals surface area contributed by atoms with E-state index in [1.807, 2.05) is 12.1 Å². The van der Waals surface area contributed by atoms with Crippen LogP contribution >= 0.6 is 11.6 Å². The largest absolute Gasteiger partial charge is 0.373 e. The molecule has 160 valence electrons. The van der Waals surface area contributed by atoms with E-state index in [9.17, 15) is 9.65 Å². The number of benzene rings is 2. The lowest BCUT2D eigenvalue weighted by Gasteiger charge is -2.36. The molecule has 3 rings (SSSR count). The molecule has 1 heterocycles. The molecule has 2 aromatic rings. The summed E-state index contributed by atoms with van der Waals surface area (Å²) in [7, 11) is 6.20. The van der Waals surface area contributed by atoms with Gasteiger partial charge in [-0.25, -0.2) is 4.39 Å². The summed E-state index contributed by atoms with van der Waals surface area (Å²) >= 11 is 5.87. The standard InChI is InChI=1S/C23H29ClFN5/c1-27(2)8-9-28(3)21-6-4-18(16-26)19(14-21)17-29-10-12-30(13-11-29)23-7-5-20(24)15-22(23)25/h4-7,14-15H,8-13,17H2,1-3H3. The van der Waals surface area contributed by atoms with Crippen molar-refractivity contribution in [3.05, 3.63) is 58.4 Å². The van der Waals surface area contributed by atoms with E-state index < -0.39 is 0 Å². The minimum atomic E-state index is -0.281. The summed E-state index contributed by atoms with van der Waals surface area (Å²) < 4.78 is 14.2. The Bertz CT molecular complexity index is 903. The van der Waals surface area contributed by atoms with E-state index >= 15 is 0 Å². The minimum Gasteiger partial charge on any atom is -0.373 e. The zero-order valence-electron chi connectivity index (χ0n) is 17.9. The second-order valence-electron chi connectivity index (χ2n) is 8.04. The van der Waals surface area contributed by atoms with Gasteiger partial charge in [0.15, 0.2) is 0 Å². The normalized spacial score (nSPS) is 14.8. The molecule has 0 saturated carbocycles. The zero-order valence-corrected chi connectivity index (χ0v) is 18.7. The maximum Gasteiger partial charge on any atom is 0.147 e. The van der Waals surface area contributed by atoms with Gasteiger partial charge in [-0.1, -0.05) is 11.6 Å². The first-order valence-electron chi connectivity index (χ1n) is 10.2. The molecule has 0 bridgehead atoms. The molecule has 1 aliphatic rings. The Labute approximate surface area is 183 Å². The van der Waals surface area contributed by atoms with Gasteiger partial charge in [0.05, 0.1) is 17.3 Å². The van der Waals surface area contributed by atoms with Gasteiger partial charge in [0.1, 0.15) is 5.82 Å². The maximum atomic E-state index is 14.2. The molecular formula is C23H29ClFN5. The summed E-state index contributed by atoms with van der Waals surface area (Å²) in [5, 5.41) is 9.96. The van der Waals surface area contributed by atoms with Gasteiger partial charge >= 0.3 is 0 Å². The van der Waals surface area contributed by atoms with Gasteiger partial charge in [-0.2, -0.15) is 5.26 Å². The van der Waals surface area contributed by atoms with Crippen molar-refractivity contribution in [1.82, 2.24) is 9.80 Å². The van der Waals surface area contributed by atoms with Crippen molar-refractivity contribution in [3.63, 3.8) is 0 Å². The molecule has 1 aliphatic heterocycles. The molecule has 5 nitrogen and oxygen atoms in total. The van der Waals surface area contributed by atoms with Crippen LogP contribution in [0.15, 0.2) is 36.4 Å². The van der Waals surface area contributed by atoms with Crippen LogP contribution < -0.4 is 9.80 Å². The summed E-state index contributed by atoms with van der Waals surface area (Å²) in [6, 6.07) is 13.2. The van der Waals surface area contributed by atoms with E-state index in [0.717, 1.165) is 57.1 Å². The number of nitrogens with zero attached hydrogens (tertiary/aromatic N) is 5. The second-order valence-corrected chi connectivity index (χ2v) is 8.47. The van der Waals surface area contributed by atoms with Crippen molar-refractivity contribution in [2.24, 2.45) is 0 Å². The summed E-state index contributed by atoms with van der Waals surface area (Å²) in [6.45, 7) is 5.71. The van der Waals surface area contributed by atoms with Crippen LogP contribution in [0.5, 0.6) is 0 Å². The van der Waals surface area contributed by atoms with Crippen LogP contribution in [0, 0.1) is 17.1 Å². The fourth-order valence-corrected chi connectivity index (χ4v) is 3.82. The Balaban J connectivity index is 1.65. The highest BCUT2D eigenvalue weighted by molar-refractivity contribution is 6.30. The minimum absolute atomic E-state index is 0.281. The monoisotopic (exact) mass is 429 g/mol. The van der Waals surface area contributed by atoms with Crippen molar-refractivity contribution >= 4 is 23.0 Å². The van der Waals surface area contributed by atoms with Gasteiger partial charge < -0.3 is 14.7 Å². The van der Waals surface area contributed by atoms with Crippen LogP contribution in [0.1, 0.15) is 11.1 Å². The van der Waals surface area contributed by atoms with Crippen molar-refractivity contribution in [3.8, 4) is 6.07 Å². The predicted molar refractivity (Wildman–Crippen MR) is 122 cm³/mol. The molecule has 0 atom stereocenters. The molecule has 0 aromatic heterocycles. The molecule has 7 heteroatoms. The zero-order chi connectivity index (χ0) is 21.7. The van der Waals surface area contributed by atoms with Gasteiger partial charge in [-0.05, 0) is 56.1 Å². The quantitative estimate of drug-likeness (QED) is 0.671. The Morgan fingerprint density at radius 1 is 1.03 bits per heavy atom. The second kappa shape index (κ2) is 10.1. The number of likely N-dealkylation sites (N-methyl/N-ethyl adjacent to an activating group) is 2. The summed E-state index contributed by atoms with van der Waals surface area (Å²) in [4.78, 5) is 8.75. The number of hydrogen-bond donors (Lipinski definition) is 0. The van der Waals surface area contributed by atoms with Crippen LogP contribution in [-0.4, -0.2) is 70.2 Å². The van der Waals surface area contributed by atoms with Crippen molar-refractivity contribution in [2.45, 2.75) is 6.54 Å². The van der Waals surface area contributed by atoms with Gasteiger partial charge in [0.25, 0.3) is 0 Å². The molecule has 30 heavy (non-hydrogen) atoms. The highest BCUT2D eigenvalue weighted by atomic mass is 35.5. The average molecular weight is 430 g/mol. The van der Waals surface area contributed by atoms with E-state index in [1.54, 1.807) is 12.1 Å².